The molecule has 0 aliphatic heterocycles. The van der Waals surface area contributed by atoms with E-state index in [-0.39, 0.29) is 0 Å². The van der Waals surface area contributed by atoms with Gasteiger partial charge in [-0.05, 0) is 105 Å². The quantitative estimate of drug-likeness (QED) is 0.142. The highest BCUT2D eigenvalue weighted by molar-refractivity contribution is 6.28. The van der Waals surface area contributed by atoms with Gasteiger partial charge < -0.3 is 18.6 Å². The van der Waals surface area contributed by atoms with E-state index in [9.17, 15) is 0 Å². The Morgan fingerprint density at radius 3 is 1.06 bits per heavy atom. The second-order valence-corrected chi connectivity index (χ2v) is 17.6. The first-order chi connectivity index (χ1) is 33.7. The standard InChI is InChI=1S/C64H40N2O2/c1-3-13-45(14-4-1)65(47-33-25-41(26-34-47)49-19-11-21-53-51-17-7-9-23-59(51)67-63(49)53)57-39-31-43-30-38-56-58(40-32-44-29-37-55(57)61(43)62(44)56)66(46-15-5-2-6-16-46)48-35-27-42(28-36-48)50-20-12-22-54-52-18-8-10-24-60(52)68-64(50)54/h1-40H. The molecule has 0 unspecified atom stereocenters. The van der Waals surface area contributed by atoms with Crippen LogP contribution in [0.1, 0.15) is 0 Å². The SMILES string of the molecule is c1ccc(N(c2ccc(-c3cccc4c3oc3ccccc34)cc2)c2ccc3ccc4c(N(c5ccccc5)c5ccc(-c6cccc7c6oc6ccccc67)cc5)ccc5ccc2c3c54)cc1. The lowest BCUT2D eigenvalue weighted by molar-refractivity contribution is 0.669. The van der Waals surface area contributed by atoms with Crippen molar-refractivity contribution >= 4 is 110 Å². The van der Waals surface area contributed by atoms with Crippen LogP contribution in [0.2, 0.25) is 0 Å². The summed E-state index contributed by atoms with van der Waals surface area (Å²) in [6.07, 6.45) is 0. The molecule has 0 saturated carbocycles. The van der Waals surface area contributed by atoms with E-state index >= 15 is 0 Å². The van der Waals surface area contributed by atoms with Crippen molar-refractivity contribution in [1.29, 1.82) is 0 Å². The Hall–Kier alpha value is -9.12. The number of benzene rings is 12. The normalized spacial score (nSPS) is 11.8. The Morgan fingerprint density at radius 2 is 0.618 bits per heavy atom. The minimum Gasteiger partial charge on any atom is -0.455 e. The number of fused-ring (bicyclic) bond motifs is 6. The van der Waals surface area contributed by atoms with Crippen molar-refractivity contribution in [3.8, 4) is 22.3 Å². The Labute approximate surface area is 392 Å². The highest BCUT2D eigenvalue weighted by Gasteiger charge is 2.23. The van der Waals surface area contributed by atoms with Crippen molar-refractivity contribution in [2.75, 3.05) is 9.80 Å². The van der Waals surface area contributed by atoms with Crippen molar-refractivity contribution in [2.24, 2.45) is 0 Å². The van der Waals surface area contributed by atoms with E-state index in [1.54, 1.807) is 0 Å². The van der Waals surface area contributed by atoms with Gasteiger partial charge in [-0.3, -0.25) is 0 Å². The Kier molecular flexibility index (Phi) is 8.55. The molecule has 2 aromatic heterocycles. The van der Waals surface area contributed by atoms with Crippen LogP contribution in [0, 0.1) is 0 Å². The Morgan fingerprint density at radius 1 is 0.250 bits per heavy atom. The molecular weight excluding hydrogens is 829 g/mol. The molecular formula is C64H40N2O2. The molecule has 14 aromatic rings. The third-order valence-electron chi connectivity index (χ3n) is 13.8. The van der Waals surface area contributed by atoms with Crippen LogP contribution in [-0.4, -0.2) is 0 Å². The molecule has 0 N–H and O–H groups in total. The first-order valence-electron chi connectivity index (χ1n) is 23.2. The Bertz CT molecular complexity index is 3920. The van der Waals surface area contributed by atoms with E-state index < -0.39 is 0 Å². The summed E-state index contributed by atoms with van der Waals surface area (Å²) in [6, 6.07) is 87.0. The van der Waals surface area contributed by atoms with E-state index in [0.29, 0.717) is 0 Å². The number of anilines is 6. The molecule has 0 bridgehead atoms. The third-order valence-corrected chi connectivity index (χ3v) is 13.8. The molecule has 0 aliphatic carbocycles. The van der Waals surface area contributed by atoms with E-state index in [2.05, 4.69) is 228 Å². The predicted molar refractivity (Wildman–Crippen MR) is 285 cm³/mol. The molecule has 0 radical (unpaired) electrons. The van der Waals surface area contributed by atoms with Gasteiger partial charge in [-0.1, -0.05) is 170 Å². The maximum absolute atomic E-state index is 6.46. The molecule has 318 valence electrons. The lowest BCUT2D eigenvalue weighted by atomic mass is 9.91. The maximum Gasteiger partial charge on any atom is 0.143 e. The van der Waals surface area contributed by atoms with Crippen molar-refractivity contribution in [3.05, 3.63) is 243 Å². The number of hydrogen-bond donors (Lipinski definition) is 0. The summed E-state index contributed by atoms with van der Waals surface area (Å²) in [5, 5.41) is 11.8. The van der Waals surface area contributed by atoms with Gasteiger partial charge in [0.05, 0.1) is 11.4 Å². The lowest BCUT2D eigenvalue weighted by Gasteiger charge is -2.29. The van der Waals surface area contributed by atoms with Gasteiger partial charge in [-0.25, -0.2) is 0 Å². The summed E-state index contributed by atoms with van der Waals surface area (Å²) in [4.78, 5) is 4.78. The number of nitrogens with zero attached hydrogens (tertiary/aromatic N) is 2. The third kappa shape index (κ3) is 5.94. The van der Waals surface area contributed by atoms with Crippen LogP contribution in [0.3, 0.4) is 0 Å². The topological polar surface area (TPSA) is 32.8 Å². The summed E-state index contributed by atoms with van der Waals surface area (Å²) in [5.74, 6) is 0. The molecule has 0 aliphatic rings. The molecule has 14 rings (SSSR count). The van der Waals surface area contributed by atoms with Crippen LogP contribution in [0.5, 0.6) is 0 Å². The largest absolute Gasteiger partial charge is 0.455 e. The molecule has 4 nitrogen and oxygen atoms in total. The first kappa shape index (κ1) is 38.2. The van der Waals surface area contributed by atoms with Gasteiger partial charge in [-0.15, -0.1) is 0 Å². The fourth-order valence-electron chi connectivity index (χ4n) is 10.7. The molecule has 4 heteroatoms. The minimum atomic E-state index is 0.902. The van der Waals surface area contributed by atoms with Gasteiger partial charge >= 0.3 is 0 Å². The molecule has 12 aromatic carbocycles. The summed E-state index contributed by atoms with van der Waals surface area (Å²) in [7, 11) is 0. The molecule has 68 heavy (non-hydrogen) atoms. The van der Waals surface area contributed by atoms with Crippen molar-refractivity contribution in [3.63, 3.8) is 0 Å². The average Bonchev–Trinajstić information content (AvgIpc) is 3.99. The second kappa shape index (κ2) is 15.2. The fraction of sp³-hybridized carbons (Fsp3) is 0. The highest BCUT2D eigenvalue weighted by Crippen LogP contribution is 2.48. The minimum absolute atomic E-state index is 0.902. The lowest BCUT2D eigenvalue weighted by Crippen LogP contribution is -2.11. The predicted octanol–water partition coefficient (Wildman–Crippen LogP) is 18.7. The van der Waals surface area contributed by atoms with Crippen LogP contribution >= 0.6 is 0 Å². The number of furan rings is 2. The van der Waals surface area contributed by atoms with Crippen LogP contribution in [0.15, 0.2) is 251 Å². The molecule has 2 heterocycles. The zero-order valence-electron chi connectivity index (χ0n) is 36.8. The van der Waals surface area contributed by atoms with Gasteiger partial charge in [-0.2, -0.15) is 0 Å². The average molecular weight is 869 g/mol. The molecule has 0 saturated heterocycles. The van der Waals surface area contributed by atoms with Crippen molar-refractivity contribution in [1.82, 2.24) is 0 Å². The first-order valence-corrected chi connectivity index (χ1v) is 23.2. The van der Waals surface area contributed by atoms with Crippen LogP contribution in [0.25, 0.3) is 98.4 Å². The molecule has 0 fully saturated rings. The summed E-state index contributed by atoms with van der Waals surface area (Å²) >= 11 is 0. The molecule has 0 atom stereocenters. The Balaban J connectivity index is 0.902. The van der Waals surface area contributed by atoms with E-state index in [0.717, 1.165) is 100 Å². The summed E-state index contributed by atoms with van der Waals surface area (Å²) in [5.41, 5.74) is 14.5. The smallest absolute Gasteiger partial charge is 0.143 e. The van der Waals surface area contributed by atoms with E-state index in [1.807, 2.05) is 24.3 Å². The van der Waals surface area contributed by atoms with E-state index in [1.165, 1.54) is 32.3 Å². The zero-order valence-corrected chi connectivity index (χ0v) is 36.8. The highest BCUT2D eigenvalue weighted by atomic mass is 16.3. The number of para-hydroxylation sites is 6. The van der Waals surface area contributed by atoms with Crippen molar-refractivity contribution < 1.29 is 8.83 Å². The van der Waals surface area contributed by atoms with Gasteiger partial charge in [0.1, 0.15) is 22.3 Å². The second-order valence-electron chi connectivity index (χ2n) is 17.6. The van der Waals surface area contributed by atoms with Gasteiger partial charge in [0.2, 0.25) is 0 Å². The van der Waals surface area contributed by atoms with Gasteiger partial charge in [0, 0.05) is 66.2 Å². The van der Waals surface area contributed by atoms with Crippen LogP contribution in [-0.2, 0) is 0 Å². The summed E-state index contributed by atoms with van der Waals surface area (Å²) < 4.78 is 12.9. The zero-order chi connectivity index (χ0) is 44.7. The monoisotopic (exact) mass is 868 g/mol. The van der Waals surface area contributed by atoms with Crippen LogP contribution < -0.4 is 9.80 Å². The molecule has 0 amide bonds. The molecule has 0 spiro atoms. The van der Waals surface area contributed by atoms with Crippen molar-refractivity contribution in [2.45, 2.75) is 0 Å². The van der Waals surface area contributed by atoms with Gasteiger partial charge in [0.25, 0.3) is 0 Å². The van der Waals surface area contributed by atoms with Gasteiger partial charge in [0.15, 0.2) is 0 Å². The van der Waals surface area contributed by atoms with Crippen LogP contribution in [0.4, 0.5) is 34.1 Å². The summed E-state index contributed by atoms with van der Waals surface area (Å²) in [6.45, 7) is 0. The fourth-order valence-corrected chi connectivity index (χ4v) is 10.7. The number of hydrogen-bond acceptors (Lipinski definition) is 4. The maximum atomic E-state index is 6.46. The number of rotatable bonds is 8. The van der Waals surface area contributed by atoms with E-state index in [4.69, 9.17) is 8.83 Å².